The number of rotatable bonds is 5. The van der Waals surface area contributed by atoms with E-state index in [1.807, 2.05) is 29.9 Å². The molecule has 0 radical (unpaired) electrons. The summed E-state index contributed by atoms with van der Waals surface area (Å²) in [4.78, 5) is 20.2. The van der Waals surface area contributed by atoms with E-state index in [4.69, 9.17) is 4.98 Å². The van der Waals surface area contributed by atoms with Crippen molar-refractivity contribution in [2.75, 3.05) is 11.9 Å². The van der Waals surface area contributed by atoms with E-state index in [0.29, 0.717) is 0 Å². The number of anilines is 2. The van der Waals surface area contributed by atoms with Crippen LogP contribution in [0.25, 0.3) is 0 Å². The Kier molecular flexibility index (Phi) is 4.44. The third-order valence-corrected chi connectivity index (χ3v) is 4.81. The molecule has 6 nitrogen and oxygen atoms in total. The lowest BCUT2D eigenvalue weighted by Crippen LogP contribution is -2.24. The second-order valence-electron chi connectivity index (χ2n) is 5.74. The minimum atomic E-state index is 0.289. The molecule has 1 fully saturated rings. The maximum atomic E-state index is 4.75. The zero-order valence-electron chi connectivity index (χ0n) is 13.2. The molecule has 1 saturated heterocycles. The van der Waals surface area contributed by atoms with E-state index in [1.165, 1.54) is 6.42 Å². The van der Waals surface area contributed by atoms with Gasteiger partial charge < -0.3 is 5.32 Å². The zero-order chi connectivity index (χ0) is 16.2. The molecule has 0 spiro atoms. The van der Waals surface area contributed by atoms with Crippen LogP contribution in [0.1, 0.15) is 30.3 Å². The second-order valence-corrected chi connectivity index (χ2v) is 6.64. The first-order valence-electron chi connectivity index (χ1n) is 8.01. The number of likely N-dealkylation sites (tertiary alicyclic amines) is 1. The van der Waals surface area contributed by atoms with E-state index in [-0.39, 0.29) is 6.04 Å². The summed E-state index contributed by atoms with van der Waals surface area (Å²) in [5.41, 5.74) is 2.10. The lowest BCUT2D eigenvalue weighted by atomic mass is 10.1. The SMILES string of the molecule is c1ccc(CN2CCCC2c2cncc(Nc3nccs3)n2)nc1. The van der Waals surface area contributed by atoms with Gasteiger partial charge in [0.1, 0.15) is 0 Å². The summed E-state index contributed by atoms with van der Waals surface area (Å²) in [6, 6.07) is 6.34. The van der Waals surface area contributed by atoms with Crippen LogP contribution in [-0.4, -0.2) is 31.4 Å². The molecule has 4 heterocycles. The van der Waals surface area contributed by atoms with Gasteiger partial charge in [-0.3, -0.25) is 14.9 Å². The summed E-state index contributed by atoms with van der Waals surface area (Å²) < 4.78 is 0. The number of nitrogens with one attached hydrogen (secondary N) is 1. The van der Waals surface area contributed by atoms with Gasteiger partial charge in [-0.1, -0.05) is 6.07 Å². The van der Waals surface area contributed by atoms with Crippen LogP contribution in [-0.2, 0) is 6.54 Å². The van der Waals surface area contributed by atoms with Gasteiger partial charge in [0.15, 0.2) is 10.9 Å². The van der Waals surface area contributed by atoms with Crippen LogP contribution >= 0.6 is 11.3 Å². The van der Waals surface area contributed by atoms with Crippen LogP contribution < -0.4 is 5.32 Å². The van der Waals surface area contributed by atoms with E-state index in [1.54, 1.807) is 23.7 Å². The average Bonchev–Trinajstić information content (AvgIpc) is 3.28. The van der Waals surface area contributed by atoms with Crippen LogP contribution in [0.2, 0.25) is 0 Å². The predicted molar refractivity (Wildman–Crippen MR) is 94.1 cm³/mol. The molecule has 122 valence electrons. The summed E-state index contributed by atoms with van der Waals surface area (Å²) in [6.07, 6.45) is 9.50. The van der Waals surface area contributed by atoms with Crippen molar-refractivity contribution in [1.82, 2.24) is 24.8 Å². The molecule has 7 heteroatoms. The van der Waals surface area contributed by atoms with Crippen molar-refractivity contribution < 1.29 is 0 Å². The molecule has 0 bridgehead atoms. The molecule has 1 N–H and O–H groups in total. The maximum absolute atomic E-state index is 4.75. The highest BCUT2D eigenvalue weighted by Crippen LogP contribution is 2.32. The molecule has 4 rings (SSSR count). The van der Waals surface area contributed by atoms with Crippen molar-refractivity contribution in [2.24, 2.45) is 0 Å². The quantitative estimate of drug-likeness (QED) is 0.769. The summed E-state index contributed by atoms with van der Waals surface area (Å²) >= 11 is 1.55. The Morgan fingerprint density at radius 1 is 1.21 bits per heavy atom. The number of hydrogen-bond acceptors (Lipinski definition) is 7. The standard InChI is InChI=1S/C17H18N6S/c1-2-6-19-13(4-1)12-23-8-3-5-15(23)14-10-18-11-16(21-14)22-17-20-7-9-24-17/h1-2,4,6-7,9-11,15H,3,5,8,12H2,(H,20,21,22). The van der Waals surface area contributed by atoms with E-state index in [9.17, 15) is 0 Å². The molecule has 1 aliphatic rings. The minimum Gasteiger partial charge on any atom is -0.315 e. The van der Waals surface area contributed by atoms with Gasteiger partial charge in [-0.05, 0) is 31.5 Å². The normalized spacial score (nSPS) is 17.9. The van der Waals surface area contributed by atoms with Gasteiger partial charge >= 0.3 is 0 Å². The van der Waals surface area contributed by atoms with Gasteiger partial charge in [0.25, 0.3) is 0 Å². The first-order chi connectivity index (χ1) is 11.9. The van der Waals surface area contributed by atoms with Crippen LogP contribution in [0.15, 0.2) is 48.4 Å². The van der Waals surface area contributed by atoms with Crippen molar-refractivity contribution in [3.05, 3.63) is 59.8 Å². The fraction of sp³-hybridized carbons (Fsp3) is 0.294. The summed E-state index contributed by atoms with van der Waals surface area (Å²) in [7, 11) is 0. The first kappa shape index (κ1) is 15.2. The van der Waals surface area contributed by atoms with Gasteiger partial charge in [-0.15, -0.1) is 11.3 Å². The predicted octanol–water partition coefficient (Wildman–Crippen LogP) is 3.41. The van der Waals surface area contributed by atoms with Gasteiger partial charge in [-0.25, -0.2) is 9.97 Å². The zero-order valence-corrected chi connectivity index (χ0v) is 14.0. The van der Waals surface area contributed by atoms with E-state index in [2.05, 4.69) is 31.2 Å². The largest absolute Gasteiger partial charge is 0.315 e. The number of aromatic nitrogens is 4. The number of pyridine rings is 1. The Hall–Kier alpha value is -2.38. The molecule has 1 aliphatic heterocycles. The minimum absolute atomic E-state index is 0.289. The van der Waals surface area contributed by atoms with Crippen molar-refractivity contribution in [3.8, 4) is 0 Å². The Bertz CT molecular complexity index is 777. The van der Waals surface area contributed by atoms with Crippen LogP contribution in [0.3, 0.4) is 0 Å². The van der Waals surface area contributed by atoms with Gasteiger partial charge in [-0.2, -0.15) is 0 Å². The fourth-order valence-corrected chi connectivity index (χ4v) is 3.58. The lowest BCUT2D eigenvalue weighted by molar-refractivity contribution is 0.241. The average molecular weight is 338 g/mol. The van der Waals surface area contributed by atoms with E-state index >= 15 is 0 Å². The summed E-state index contributed by atoms with van der Waals surface area (Å²) in [6.45, 7) is 1.91. The highest BCUT2D eigenvalue weighted by Gasteiger charge is 2.27. The Morgan fingerprint density at radius 3 is 3.04 bits per heavy atom. The molecule has 24 heavy (non-hydrogen) atoms. The van der Waals surface area contributed by atoms with E-state index in [0.717, 1.165) is 41.8 Å². The van der Waals surface area contributed by atoms with Crippen LogP contribution in [0, 0.1) is 0 Å². The lowest BCUT2D eigenvalue weighted by Gasteiger charge is -2.23. The van der Waals surface area contributed by atoms with Crippen molar-refractivity contribution >= 4 is 22.3 Å². The van der Waals surface area contributed by atoms with Gasteiger partial charge in [0, 0.05) is 24.3 Å². The smallest absolute Gasteiger partial charge is 0.188 e. The Balaban J connectivity index is 1.51. The highest BCUT2D eigenvalue weighted by molar-refractivity contribution is 7.13. The molecule has 0 aliphatic carbocycles. The van der Waals surface area contributed by atoms with Crippen molar-refractivity contribution in [1.29, 1.82) is 0 Å². The second kappa shape index (κ2) is 7.02. The molecular formula is C17H18N6S. The molecule has 0 amide bonds. The summed E-state index contributed by atoms with van der Waals surface area (Å²) in [5, 5.41) is 5.98. The Morgan fingerprint density at radius 2 is 2.21 bits per heavy atom. The monoisotopic (exact) mass is 338 g/mol. The molecular weight excluding hydrogens is 320 g/mol. The highest BCUT2D eigenvalue weighted by atomic mass is 32.1. The topological polar surface area (TPSA) is 66.8 Å². The van der Waals surface area contributed by atoms with Crippen molar-refractivity contribution in [3.63, 3.8) is 0 Å². The van der Waals surface area contributed by atoms with Crippen LogP contribution in [0.5, 0.6) is 0 Å². The molecule has 0 aromatic carbocycles. The molecule has 1 atom stereocenters. The third kappa shape index (κ3) is 3.42. The third-order valence-electron chi connectivity index (χ3n) is 4.12. The fourth-order valence-electron chi connectivity index (χ4n) is 3.05. The molecule has 0 saturated carbocycles. The van der Waals surface area contributed by atoms with E-state index < -0.39 is 0 Å². The van der Waals surface area contributed by atoms with Crippen molar-refractivity contribution in [2.45, 2.75) is 25.4 Å². The first-order valence-corrected chi connectivity index (χ1v) is 8.89. The molecule has 1 unspecified atom stereocenters. The maximum Gasteiger partial charge on any atom is 0.188 e. The number of nitrogens with zero attached hydrogens (tertiary/aromatic N) is 5. The van der Waals surface area contributed by atoms with Gasteiger partial charge in [0.2, 0.25) is 0 Å². The number of thiazole rings is 1. The van der Waals surface area contributed by atoms with Crippen LogP contribution in [0.4, 0.5) is 10.9 Å². The molecule has 3 aromatic rings. The summed E-state index contributed by atoms with van der Waals surface area (Å²) in [5.74, 6) is 0.743. The number of hydrogen-bond donors (Lipinski definition) is 1. The Labute approximate surface area is 144 Å². The molecule has 3 aromatic heterocycles. The van der Waals surface area contributed by atoms with Gasteiger partial charge in [0.05, 0.1) is 29.8 Å².